The lowest BCUT2D eigenvalue weighted by Gasteiger charge is -2.28. The van der Waals surface area contributed by atoms with Gasteiger partial charge in [0.15, 0.2) is 20.1 Å². The van der Waals surface area contributed by atoms with Gasteiger partial charge >= 0.3 is 0 Å². The molecule has 31 nitrogen and oxygen atoms in total. The number of halogens is 2. The SMILES string of the molecule is C.C.C.C.C.C.C.CC(C)c1cc(Cl)cc(C(C)C)c1CC(=O)NS(=O)(=O)c1cc(C(=O)N(C)C)n(C)n1.CN(C)CC(C)(C)n1ccc(S(=O)(=O)NC(=O)Cc2c(-c3ccncc3)cc(F)c3c2CCC3)n1.CN(C)CC(C)(C)n1ccc(S(=O)(=O)NC(=O)Cc2c3c(cc4c2CCC4)CCC3)n1.Cc1cc(-c2ccc3c(c2CC(=O)NS(=O)(=O)c2ccn(C(C)(C)CN(C)C)n2)CCC3)ccn1. The van der Waals surface area contributed by atoms with Crippen LogP contribution in [0.3, 0.4) is 0 Å². The zero-order chi connectivity index (χ0) is 96.8. The van der Waals surface area contributed by atoms with E-state index in [-0.39, 0.29) is 122 Å². The molecule has 37 heteroatoms. The molecule has 0 spiro atoms. The highest BCUT2D eigenvalue weighted by Crippen LogP contribution is 2.40. The number of rotatable bonds is 30. The molecular weight excluding hydrogens is 1870 g/mol. The lowest BCUT2D eigenvalue weighted by atomic mass is 9.87. The Bertz CT molecular complexity index is 6420. The molecule has 0 saturated heterocycles. The van der Waals surface area contributed by atoms with Crippen molar-refractivity contribution in [1.82, 2.24) is 87.6 Å². The minimum atomic E-state index is -4.24. The first kappa shape index (κ1) is 121. The molecule has 6 aromatic heterocycles. The summed E-state index contributed by atoms with van der Waals surface area (Å²) in [5, 5.41) is 16.3. The molecule has 0 radical (unpaired) electrons. The van der Waals surface area contributed by atoms with Crippen LogP contribution in [0, 0.1) is 12.7 Å². The molecule has 4 N–H and O–H groups in total. The Morgan fingerprint density at radius 2 is 0.777 bits per heavy atom. The Kier molecular flexibility index (Phi) is 42.6. The lowest BCUT2D eigenvalue weighted by molar-refractivity contribution is -0.119. The number of benzene rings is 4. The first-order valence-electron chi connectivity index (χ1n) is 44.1. The molecule has 139 heavy (non-hydrogen) atoms. The quantitative estimate of drug-likeness (QED) is 0.0325. The number of nitrogens with zero attached hydrogens (tertiary/aromatic N) is 14. The molecule has 10 aromatic rings. The third-order valence-electron chi connectivity index (χ3n) is 23.8. The smallest absolute Gasteiger partial charge is 0.283 e. The second-order valence-electron chi connectivity index (χ2n) is 37.9. The summed E-state index contributed by atoms with van der Waals surface area (Å²) < 4.78 is 133. The number of amides is 5. The number of nitrogens with one attached hydrogen (secondary N) is 4. The Morgan fingerprint density at radius 1 is 0.417 bits per heavy atom. The molecule has 0 aliphatic heterocycles. The van der Waals surface area contributed by atoms with E-state index in [0.29, 0.717) is 54.2 Å². The number of hydrogen-bond acceptors (Lipinski definition) is 22. The summed E-state index contributed by atoms with van der Waals surface area (Å²) >= 11 is 6.26. The summed E-state index contributed by atoms with van der Waals surface area (Å²) in [4.78, 5) is 79.4. The molecule has 0 unspecified atom stereocenters. The van der Waals surface area contributed by atoms with Crippen molar-refractivity contribution in [2.24, 2.45) is 7.05 Å². The first-order valence-corrected chi connectivity index (χ1v) is 50.4. The number of pyridine rings is 2. The maximum Gasteiger partial charge on any atom is 0.283 e. The van der Waals surface area contributed by atoms with E-state index in [9.17, 15) is 62.0 Å². The molecule has 0 atom stereocenters. The van der Waals surface area contributed by atoms with Gasteiger partial charge in [0, 0.05) is 94.7 Å². The zero-order valence-electron chi connectivity index (χ0n) is 79.1. The van der Waals surface area contributed by atoms with Gasteiger partial charge in [-0.3, -0.25) is 52.7 Å². The van der Waals surface area contributed by atoms with Gasteiger partial charge < -0.3 is 19.6 Å². The monoisotopic (exact) mass is 2020 g/mol. The van der Waals surface area contributed by atoms with E-state index < -0.39 is 85.7 Å². The number of aryl methyl sites for hydroxylation is 5. The van der Waals surface area contributed by atoms with Crippen molar-refractivity contribution in [2.45, 2.75) is 279 Å². The molecule has 4 aromatic carbocycles. The molecule has 4 aliphatic rings. The summed E-state index contributed by atoms with van der Waals surface area (Å²) in [6.45, 7) is 23.8. The number of fused-ring (bicyclic) bond motifs is 4. The fourth-order valence-corrected chi connectivity index (χ4v) is 22.2. The molecule has 6 heterocycles. The molecule has 5 amide bonds. The van der Waals surface area contributed by atoms with Crippen LogP contribution in [-0.4, -0.2) is 208 Å². The van der Waals surface area contributed by atoms with Crippen molar-refractivity contribution in [2.75, 3.05) is 76.0 Å². The van der Waals surface area contributed by atoms with E-state index in [1.54, 1.807) is 77.5 Å². The van der Waals surface area contributed by atoms with Gasteiger partial charge in [-0.1, -0.05) is 109 Å². The summed E-state index contributed by atoms with van der Waals surface area (Å²) in [6.07, 6.45) is 20.8. The normalized spacial score (nSPS) is 13.1. The number of hydrogen-bond donors (Lipinski definition) is 4. The lowest BCUT2D eigenvalue weighted by Crippen LogP contribution is -2.38. The number of sulfonamides is 4. The van der Waals surface area contributed by atoms with Crippen LogP contribution in [0.5, 0.6) is 0 Å². The molecule has 0 bridgehead atoms. The Morgan fingerprint density at radius 3 is 1.18 bits per heavy atom. The molecular formula is C102H152ClFN18O13S4. The summed E-state index contributed by atoms with van der Waals surface area (Å²) in [6, 6.07) is 24.3. The number of aromatic nitrogens is 10. The second-order valence-corrected chi connectivity index (χ2v) is 44.8. The van der Waals surface area contributed by atoms with E-state index in [2.05, 4.69) is 61.4 Å². The minimum absolute atomic E-state index is 0. The van der Waals surface area contributed by atoms with Crippen LogP contribution in [0.15, 0.2) is 142 Å². The van der Waals surface area contributed by atoms with E-state index in [1.807, 2.05) is 163 Å². The highest BCUT2D eigenvalue weighted by Gasteiger charge is 2.36. The molecule has 14 rings (SSSR count). The molecule has 0 saturated carbocycles. The predicted molar refractivity (Wildman–Crippen MR) is 553 cm³/mol. The highest BCUT2D eigenvalue weighted by molar-refractivity contribution is 7.90. The van der Waals surface area contributed by atoms with Crippen molar-refractivity contribution >= 4 is 81.2 Å². The third kappa shape index (κ3) is 29.5. The van der Waals surface area contributed by atoms with Crippen molar-refractivity contribution in [3.63, 3.8) is 0 Å². The maximum atomic E-state index is 14.8. The van der Waals surface area contributed by atoms with Gasteiger partial charge in [-0.05, 0) is 340 Å². The van der Waals surface area contributed by atoms with Gasteiger partial charge in [0.25, 0.3) is 46.0 Å². The number of likely N-dealkylation sites (N-methyl/N-ethyl adjacent to an activating group) is 3. The van der Waals surface area contributed by atoms with Crippen LogP contribution >= 0.6 is 11.6 Å². The van der Waals surface area contributed by atoms with Crippen molar-refractivity contribution in [1.29, 1.82) is 0 Å². The topological polar surface area (TPSA) is 380 Å². The fraction of sp³-hybridized carbons (Fsp3) is 0.500. The van der Waals surface area contributed by atoms with Gasteiger partial charge in [-0.25, -0.2) is 23.3 Å². The summed E-state index contributed by atoms with van der Waals surface area (Å²) in [5.74, 6) is -2.92. The molecule has 0 fully saturated rings. The van der Waals surface area contributed by atoms with Crippen molar-refractivity contribution < 1.29 is 62.0 Å². The van der Waals surface area contributed by atoms with Crippen LogP contribution in [-0.2, 0) is 160 Å². The Hall–Kier alpha value is -10.7. The number of carbonyl (C=O) groups is 5. The minimum Gasteiger partial charge on any atom is -0.343 e. The molecule has 766 valence electrons. The van der Waals surface area contributed by atoms with Crippen LogP contribution in [0.25, 0.3) is 22.3 Å². The average Bonchev–Trinajstić information content (AvgIpc) is 1.69. The van der Waals surface area contributed by atoms with Gasteiger partial charge in [-0.15, -0.1) is 0 Å². The fourth-order valence-electron chi connectivity index (χ4n) is 18.3. The molecule has 4 aliphatic carbocycles. The van der Waals surface area contributed by atoms with Crippen molar-refractivity contribution in [3.05, 3.63) is 222 Å². The van der Waals surface area contributed by atoms with Crippen molar-refractivity contribution in [3.8, 4) is 22.3 Å². The Labute approximate surface area is 832 Å². The average molecular weight is 2020 g/mol. The number of carbonyl (C=O) groups excluding carboxylic acids is 5. The van der Waals surface area contributed by atoms with Crippen LogP contribution < -0.4 is 18.9 Å². The van der Waals surface area contributed by atoms with Gasteiger partial charge in [0.2, 0.25) is 23.6 Å². The summed E-state index contributed by atoms with van der Waals surface area (Å²) in [5.41, 5.74) is 17.1. The predicted octanol–water partition coefficient (Wildman–Crippen LogP) is 15.7. The first-order chi connectivity index (χ1) is 61.7. The standard InChI is InChI=1S/C26H33N5O3S.C25H30FN5O3S.C23H32N4O3S.C21H29ClN4O4S.7CH4/c1-18-15-20(11-13-27-18)22-10-9-19-7-6-8-21(19)23(22)16-24(32)29-35(33,34)25-12-14-31(28-25)26(2,3)17-30(4)5;1-25(2,16-30(3)4)31-13-10-24(28-31)35(33,34)29-23(32)15-21-18-6-5-7-19(18)22(26)14-20(21)17-8-11-27-12-9-17;1-23(2,15-26(3)4)27-12-11-22(24-27)31(29,30)25-21(28)14-20-18-9-5-7-16(18)13-17-8-6-10-19(17)20;1-12(2)15-8-14(22)9-16(13(3)4)17(15)10-19(27)24-31(29,30)20-11-18(26(7)23-20)21(28)25(5)6;;;;;;;/h9-15H,6-8,16-17H2,1-5H3,(H,29,32);8-14H,5-7,15-16H2,1-4H3,(H,29,32);11-13H,5-10,14-15H2,1-4H3,(H,25,28);8-9,11-13H,10H2,1-7H3,(H,24,27);7*1H4. The van der Waals surface area contributed by atoms with E-state index >= 15 is 0 Å². The van der Waals surface area contributed by atoms with E-state index in [4.69, 9.17) is 11.6 Å². The highest BCUT2D eigenvalue weighted by atomic mass is 35.5. The van der Waals surface area contributed by atoms with Gasteiger partial charge in [0.05, 0.1) is 42.3 Å². The second kappa shape index (κ2) is 49.1. The summed E-state index contributed by atoms with van der Waals surface area (Å²) in [7, 11) is -0.302. The maximum absolute atomic E-state index is 14.8. The van der Waals surface area contributed by atoms with Gasteiger partial charge in [0.1, 0.15) is 11.5 Å². The third-order valence-corrected chi connectivity index (χ3v) is 29.0. The van der Waals surface area contributed by atoms with Gasteiger partial charge in [-0.2, -0.15) is 54.1 Å². The Balaban J connectivity index is 0.000000381. The van der Waals surface area contributed by atoms with Crippen LogP contribution in [0.2, 0.25) is 5.02 Å². The largest absolute Gasteiger partial charge is 0.343 e. The van der Waals surface area contributed by atoms with Crippen LogP contribution in [0.1, 0.15) is 253 Å². The zero-order valence-corrected chi connectivity index (χ0v) is 83.1. The van der Waals surface area contributed by atoms with E-state index in [0.717, 1.165) is 132 Å². The van der Waals surface area contributed by atoms with E-state index in [1.165, 1.54) is 68.7 Å². The van der Waals surface area contributed by atoms with Crippen LogP contribution in [0.4, 0.5) is 4.39 Å².